The summed E-state index contributed by atoms with van der Waals surface area (Å²) in [6.07, 6.45) is 1.05. The minimum absolute atomic E-state index is 0.173. The lowest BCUT2D eigenvalue weighted by atomic mass is 10.2. The van der Waals surface area contributed by atoms with E-state index in [-0.39, 0.29) is 4.75 Å². The predicted molar refractivity (Wildman–Crippen MR) is 96.2 cm³/mol. The SMILES string of the molecule is CCNC(=NCCS(=O)C(C)(C)C)N1CCc2ccccc21. The number of fused-ring (bicyclic) bond motifs is 1. The molecule has 5 heteroatoms. The van der Waals surface area contributed by atoms with E-state index in [9.17, 15) is 4.21 Å². The molecule has 0 spiro atoms. The van der Waals surface area contributed by atoms with E-state index in [0.717, 1.165) is 25.5 Å². The first-order valence-electron chi connectivity index (χ1n) is 7.95. The summed E-state index contributed by atoms with van der Waals surface area (Å²) < 4.78 is 12.0. The summed E-state index contributed by atoms with van der Waals surface area (Å²) in [5, 5.41) is 3.35. The van der Waals surface area contributed by atoms with Gasteiger partial charge in [-0.2, -0.15) is 0 Å². The fourth-order valence-electron chi connectivity index (χ4n) is 2.49. The largest absolute Gasteiger partial charge is 0.356 e. The maximum Gasteiger partial charge on any atom is 0.198 e. The molecule has 1 aromatic carbocycles. The van der Waals surface area contributed by atoms with E-state index >= 15 is 0 Å². The summed E-state index contributed by atoms with van der Waals surface area (Å²) in [5.74, 6) is 1.51. The Morgan fingerprint density at radius 2 is 2.09 bits per heavy atom. The number of para-hydroxylation sites is 1. The van der Waals surface area contributed by atoms with Crippen LogP contribution in [0.5, 0.6) is 0 Å². The van der Waals surface area contributed by atoms with Crippen LogP contribution in [0, 0.1) is 0 Å². The molecule has 0 saturated carbocycles. The van der Waals surface area contributed by atoms with Crippen molar-refractivity contribution >= 4 is 22.4 Å². The van der Waals surface area contributed by atoms with Crippen molar-refractivity contribution < 1.29 is 4.21 Å². The van der Waals surface area contributed by atoms with Crippen molar-refractivity contribution in [2.45, 2.75) is 38.9 Å². The van der Waals surface area contributed by atoms with E-state index in [4.69, 9.17) is 0 Å². The molecule has 0 radical (unpaired) electrons. The van der Waals surface area contributed by atoms with Crippen molar-refractivity contribution in [3.05, 3.63) is 29.8 Å². The molecule has 0 bridgehead atoms. The van der Waals surface area contributed by atoms with E-state index in [1.165, 1.54) is 11.3 Å². The van der Waals surface area contributed by atoms with Crippen LogP contribution >= 0.6 is 0 Å². The average Bonchev–Trinajstić information content (AvgIpc) is 2.89. The van der Waals surface area contributed by atoms with Gasteiger partial charge in [-0.05, 0) is 45.7 Å². The van der Waals surface area contributed by atoms with Crippen LogP contribution in [0.15, 0.2) is 29.3 Å². The molecular weight excluding hydrogens is 294 g/mol. The number of anilines is 1. The second kappa shape index (κ2) is 7.27. The van der Waals surface area contributed by atoms with Gasteiger partial charge in [0.15, 0.2) is 5.96 Å². The minimum atomic E-state index is -0.858. The molecule has 0 amide bonds. The molecule has 0 saturated heterocycles. The Morgan fingerprint density at radius 1 is 1.36 bits per heavy atom. The van der Waals surface area contributed by atoms with Crippen molar-refractivity contribution in [3.63, 3.8) is 0 Å². The van der Waals surface area contributed by atoms with Crippen LogP contribution in [0.3, 0.4) is 0 Å². The highest BCUT2D eigenvalue weighted by atomic mass is 32.2. The quantitative estimate of drug-likeness (QED) is 0.685. The number of aliphatic imine (C=N–C) groups is 1. The maximum absolute atomic E-state index is 12.1. The van der Waals surface area contributed by atoms with Gasteiger partial charge < -0.3 is 10.2 Å². The summed E-state index contributed by atoms with van der Waals surface area (Å²) >= 11 is 0. The highest BCUT2D eigenvalue weighted by Crippen LogP contribution is 2.27. The maximum atomic E-state index is 12.1. The molecule has 1 aliphatic rings. The molecule has 1 atom stereocenters. The summed E-state index contributed by atoms with van der Waals surface area (Å²) in [7, 11) is -0.858. The van der Waals surface area contributed by atoms with E-state index in [0.29, 0.717) is 12.3 Å². The first kappa shape index (κ1) is 17.0. The van der Waals surface area contributed by atoms with Crippen LogP contribution in [0.2, 0.25) is 0 Å². The molecule has 22 heavy (non-hydrogen) atoms. The number of nitrogens with zero attached hydrogens (tertiary/aromatic N) is 2. The zero-order chi connectivity index (χ0) is 16.2. The molecule has 1 unspecified atom stereocenters. The number of hydrogen-bond acceptors (Lipinski definition) is 2. The average molecular weight is 321 g/mol. The smallest absolute Gasteiger partial charge is 0.198 e. The van der Waals surface area contributed by atoms with Crippen LogP contribution in [-0.2, 0) is 17.2 Å². The first-order valence-corrected chi connectivity index (χ1v) is 9.27. The molecule has 122 valence electrons. The number of hydrogen-bond donors (Lipinski definition) is 1. The number of benzene rings is 1. The van der Waals surface area contributed by atoms with Crippen molar-refractivity contribution in [2.75, 3.05) is 30.3 Å². The normalized spacial score (nSPS) is 16.5. The Kier molecular flexibility index (Phi) is 5.62. The predicted octanol–water partition coefficient (Wildman–Crippen LogP) is 2.56. The van der Waals surface area contributed by atoms with Gasteiger partial charge >= 0.3 is 0 Å². The highest BCUT2D eigenvalue weighted by Gasteiger charge is 2.23. The van der Waals surface area contributed by atoms with Crippen molar-refractivity contribution in [2.24, 2.45) is 4.99 Å². The van der Waals surface area contributed by atoms with Crippen LogP contribution in [0.1, 0.15) is 33.3 Å². The monoisotopic (exact) mass is 321 g/mol. The molecule has 0 aliphatic carbocycles. The van der Waals surface area contributed by atoms with Gasteiger partial charge in [-0.1, -0.05) is 18.2 Å². The van der Waals surface area contributed by atoms with Gasteiger partial charge in [0.1, 0.15) is 0 Å². The van der Waals surface area contributed by atoms with Gasteiger partial charge in [0.25, 0.3) is 0 Å². The fourth-order valence-corrected chi connectivity index (χ4v) is 3.36. The highest BCUT2D eigenvalue weighted by molar-refractivity contribution is 7.86. The third-order valence-electron chi connectivity index (χ3n) is 3.70. The zero-order valence-corrected chi connectivity index (χ0v) is 14.9. The van der Waals surface area contributed by atoms with Crippen molar-refractivity contribution in [1.29, 1.82) is 0 Å². The summed E-state index contributed by atoms with van der Waals surface area (Å²) in [4.78, 5) is 6.92. The molecule has 1 aromatic rings. The van der Waals surface area contributed by atoms with Gasteiger partial charge in [0.2, 0.25) is 0 Å². The van der Waals surface area contributed by atoms with E-state index in [2.05, 4.69) is 46.4 Å². The van der Waals surface area contributed by atoms with Gasteiger partial charge in [-0.3, -0.25) is 9.20 Å². The van der Waals surface area contributed by atoms with Crippen LogP contribution in [0.25, 0.3) is 0 Å². The lowest BCUT2D eigenvalue weighted by Crippen LogP contribution is -2.41. The number of nitrogens with one attached hydrogen (secondary N) is 1. The summed E-state index contributed by atoms with van der Waals surface area (Å²) in [6.45, 7) is 10.5. The standard InChI is InChI=1S/C17H27N3OS/c1-5-18-16(19-11-13-22(21)17(2,3)4)20-12-10-14-8-6-7-9-15(14)20/h6-9H,5,10-13H2,1-4H3,(H,18,19). The minimum Gasteiger partial charge on any atom is -0.356 e. The lowest BCUT2D eigenvalue weighted by Gasteiger charge is -2.22. The Balaban J connectivity index is 2.08. The third kappa shape index (κ3) is 4.09. The first-order chi connectivity index (χ1) is 10.4. The fraction of sp³-hybridized carbons (Fsp3) is 0.588. The second-order valence-corrected chi connectivity index (χ2v) is 8.75. The van der Waals surface area contributed by atoms with Crippen LogP contribution in [-0.4, -0.2) is 40.3 Å². The van der Waals surface area contributed by atoms with Gasteiger partial charge in [-0.25, -0.2) is 0 Å². The number of rotatable bonds is 4. The van der Waals surface area contributed by atoms with Crippen LogP contribution in [0.4, 0.5) is 5.69 Å². The van der Waals surface area contributed by atoms with Gasteiger partial charge in [-0.15, -0.1) is 0 Å². The Morgan fingerprint density at radius 3 is 2.77 bits per heavy atom. The van der Waals surface area contributed by atoms with E-state index < -0.39 is 10.8 Å². The molecule has 1 aliphatic heterocycles. The molecule has 4 nitrogen and oxygen atoms in total. The Labute approximate surface area is 136 Å². The molecule has 2 rings (SSSR count). The van der Waals surface area contributed by atoms with E-state index in [1.807, 2.05) is 20.8 Å². The lowest BCUT2D eigenvalue weighted by molar-refractivity contribution is 0.648. The molecule has 1 N–H and O–H groups in total. The topological polar surface area (TPSA) is 44.7 Å². The van der Waals surface area contributed by atoms with Crippen molar-refractivity contribution in [3.8, 4) is 0 Å². The second-order valence-electron chi connectivity index (χ2n) is 6.43. The Hall–Kier alpha value is -1.36. The molecule has 0 aromatic heterocycles. The third-order valence-corrected chi connectivity index (χ3v) is 5.62. The molecular formula is C17H27N3OS. The number of guanidine groups is 1. The van der Waals surface area contributed by atoms with Gasteiger partial charge in [0.05, 0.1) is 6.54 Å². The molecule has 1 heterocycles. The van der Waals surface area contributed by atoms with Crippen molar-refractivity contribution in [1.82, 2.24) is 5.32 Å². The van der Waals surface area contributed by atoms with Crippen LogP contribution < -0.4 is 10.2 Å². The summed E-state index contributed by atoms with van der Waals surface area (Å²) in [6, 6.07) is 8.46. The molecule has 0 fully saturated rings. The van der Waals surface area contributed by atoms with E-state index in [1.54, 1.807) is 0 Å². The zero-order valence-electron chi connectivity index (χ0n) is 14.1. The van der Waals surface area contributed by atoms with Gasteiger partial charge in [0, 0.05) is 40.1 Å². The summed E-state index contributed by atoms with van der Waals surface area (Å²) in [5.41, 5.74) is 2.60. The Bertz CT molecular complexity index is 563.